The number of nitrogens with two attached hydrogens (primary N) is 2. The molecule has 29 heavy (non-hydrogen) atoms. The lowest BCUT2D eigenvalue weighted by atomic mass is 10.0. The number of rotatable bonds is 6. The lowest BCUT2D eigenvalue weighted by molar-refractivity contribution is -0.138. The molecule has 7 heteroatoms. The van der Waals surface area contributed by atoms with Crippen LogP contribution in [-0.2, 0) is 17.8 Å². The molecule has 1 atom stereocenters. The van der Waals surface area contributed by atoms with Crippen LogP contribution in [0.4, 0.5) is 0 Å². The number of aliphatic imine (C=N–C) groups is 1. The van der Waals surface area contributed by atoms with Crippen LogP contribution >= 0.6 is 0 Å². The van der Waals surface area contributed by atoms with Crippen molar-refractivity contribution in [2.45, 2.75) is 19.0 Å². The van der Waals surface area contributed by atoms with Gasteiger partial charge in [0.05, 0.1) is 6.54 Å². The number of carboxylic acid groups (broad SMARTS) is 1. The van der Waals surface area contributed by atoms with Crippen LogP contribution in [0.1, 0.15) is 21.5 Å². The maximum Gasteiger partial charge on any atom is 0.320 e. The molecule has 0 aliphatic rings. The first-order valence-corrected chi connectivity index (χ1v) is 9.09. The minimum Gasteiger partial charge on any atom is -0.480 e. The summed E-state index contributed by atoms with van der Waals surface area (Å²) < 4.78 is 0. The molecule has 1 amide bonds. The first kappa shape index (κ1) is 20.0. The van der Waals surface area contributed by atoms with Gasteiger partial charge in [0, 0.05) is 5.56 Å². The van der Waals surface area contributed by atoms with Crippen LogP contribution in [0.3, 0.4) is 0 Å². The number of fused-ring (bicyclic) bond motifs is 1. The summed E-state index contributed by atoms with van der Waals surface area (Å²) in [6.45, 7) is 0.347. The number of guanidine groups is 1. The van der Waals surface area contributed by atoms with Gasteiger partial charge < -0.3 is 16.6 Å². The second-order valence-electron chi connectivity index (χ2n) is 6.64. The SMILES string of the molecule is NC(=NCc1cccc2ccccc12)NC(=O)c1ccc(C[C@H](N)C(=O)O)cc1. The largest absolute Gasteiger partial charge is 0.480 e. The number of carbonyl (C=O) groups excluding carboxylic acids is 1. The number of amides is 1. The first-order chi connectivity index (χ1) is 13.9. The summed E-state index contributed by atoms with van der Waals surface area (Å²) in [7, 11) is 0. The van der Waals surface area contributed by atoms with Crippen molar-refractivity contribution in [1.82, 2.24) is 5.32 Å². The number of hydrogen-bond acceptors (Lipinski definition) is 4. The third-order valence-electron chi connectivity index (χ3n) is 4.53. The Morgan fingerprint density at radius 1 is 1.00 bits per heavy atom. The minimum atomic E-state index is -1.07. The Bertz CT molecular complexity index is 1060. The number of nitrogens with one attached hydrogen (secondary N) is 1. The van der Waals surface area contributed by atoms with E-state index in [-0.39, 0.29) is 12.4 Å². The van der Waals surface area contributed by atoms with Gasteiger partial charge in [0.25, 0.3) is 5.91 Å². The summed E-state index contributed by atoms with van der Waals surface area (Å²) in [6, 6.07) is 19.5. The molecule has 3 aromatic rings. The van der Waals surface area contributed by atoms with Crippen LogP contribution in [0.2, 0.25) is 0 Å². The second-order valence-corrected chi connectivity index (χ2v) is 6.64. The quantitative estimate of drug-likeness (QED) is 0.378. The van der Waals surface area contributed by atoms with E-state index < -0.39 is 17.9 Å². The zero-order chi connectivity index (χ0) is 20.8. The molecule has 0 aliphatic carbocycles. The van der Waals surface area contributed by atoms with E-state index in [1.165, 1.54) is 0 Å². The lowest BCUT2D eigenvalue weighted by Gasteiger charge is -2.08. The molecular weight excluding hydrogens is 368 g/mol. The molecule has 0 saturated carbocycles. The standard InChI is InChI=1S/C22H22N4O3/c23-19(21(28)29)12-14-8-10-16(11-9-14)20(27)26-22(24)25-13-17-6-3-5-15-4-1-2-7-18(15)17/h1-11,19H,12-13,23H2,(H,28,29)(H3,24,25,26,27)/t19-/m0/s1. The Labute approximate surface area is 168 Å². The molecule has 0 spiro atoms. The Kier molecular flexibility index (Phi) is 6.21. The Hall–Kier alpha value is -3.71. The predicted octanol–water partition coefficient (Wildman–Crippen LogP) is 2.04. The highest BCUT2D eigenvalue weighted by atomic mass is 16.4. The summed E-state index contributed by atoms with van der Waals surface area (Å²) >= 11 is 0. The van der Waals surface area contributed by atoms with E-state index in [9.17, 15) is 9.59 Å². The van der Waals surface area contributed by atoms with Crippen molar-refractivity contribution >= 4 is 28.6 Å². The molecule has 0 unspecified atom stereocenters. The molecule has 0 fully saturated rings. The molecule has 0 aromatic heterocycles. The topological polar surface area (TPSA) is 131 Å². The highest BCUT2D eigenvalue weighted by Gasteiger charge is 2.13. The van der Waals surface area contributed by atoms with Crippen molar-refractivity contribution in [1.29, 1.82) is 0 Å². The van der Waals surface area contributed by atoms with Gasteiger partial charge in [0.15, 0.2) is 5.96 Å². The van der Waals surface area contributed by atoms with Gasteiger partial charge in [-0.1, -0.05) is 54.6 Å². The summed E-state index contributed by atoms with van der Waals surface area (Å²) in [5.41, 5.74) is 13.5. The highest BCUT2D eigenvalue weighted by molar-refractivity contribution is 6.05. The number of carbonyl (C=O) groups is 2. The molecule has 6 N–H and O–H groups in total. The van der Waals surface area contributed by atoms with Gasteiger partial charge in [0.2, 0.25) is 0 Å². The molecule has 0 radical (unpaired) electrons. The molecule has 3 aromatic carbocycles. The predicted molar refractivity (Wildman–Crippen MR) is 112 cm³/mol. The summed E-state index contributed by atoms with van der Waals surface area (Å²) in [5, 5.41) is 13.6. The summed E-state index contributed by atoms with van der Waals surface area (Å²) in [4.78, 5) is 27.4. The maximum atomic E-state index is 12.3. The van der Waals surface area contributed by atoms with Crippen molar-refractivity contribution in [3.8, 4) is 0 Å². The Balaban J connectivity index is 1.63. The van der Waals surface area contributed by atoms with Crippen molar-refractivity contribution in [3.05, 3.63) is 83.4 Å². The van der Waals surface area contributed by atoms with E-state index >= 15 is 0 Å². The van der Waals surface area contributed by atoms with E-state index in [4.69, 9.17) is 16.6 Å². The number of hydrogen-bond donors (Lipinski definition) is 4. The van der Waals surface area contributed by atoms with E-state index in [0.717, 1.165) is 21.9 Å². The number of carboxylic acids is 1. The molecular formula is C22H22N4O3. The highest BCUT2D eigenvalue weighted by Crippen LogP contribution is 2.19. The lowest BCUT2D eigenvalue weighted by Crippen LogP contribution is -2.36. The van der Waals surface area contributed by atoms with Gasteiger partial charge in [-0.05, 0) is 40.5 Å². The average Bonchev–Trinajstić information content (AvgIpc) is 2.72. The molecule has 0 heterocycles. The summed E-state index contributed by atoms with van der Waals surface area (Å²) in [5.74, 6) is -1.43. The van der Waals surface area contributed by atoms with Gasteiger partial charge in [-0.3, -0.25) is 14.9 Å². The Morgan fingerprint density at radius 3 is 2.41 bits per heavy atom. The third kappa shape index (κ3) is 5.18. The molecule has 3 rings (SSSR count). The normalized spacial score (nSPS) is 12.5. The smallest absolute Gasteiger partial charge is 0.320 e. The van der Waals surface area contributed by atoms with Crippen molar-refractivity contribution in [2.24, 2.45) is 16.5 Å². The van der Waals surface area contributed by atoms with Gasteiger partial charge in [-0.25, -0.2) is 4.99 Å². The van der Waals surface area contributed by atoms with Crippen LogP contribution in [0.5, 0.6) is 0 Å². The van der Waals surface area contributed by atoms with Crippen LogP contribution in [0.25, 0.3) is 10.8 Å². The first-order valence-electron chi connectivity index (χ1n) is 9.09. The van der Waals surface area contributed by atoms with Crippen LogP contribution < -0.4 is 16.8 Å². The van der Waals surface area contributed by atoms with Gasteiger partial charge >= 0.3 is 5.97 Å². The summed E-state index contributed by atoms with van der Waals surface area (Å²) in [6.07, 6.45) is 0.186. The van der Waals surface area contributed by atoms with E-state index in [2.05, 4.69) is 10.3 Å². The van der Waals surface area contributed by atoms with E-state index in [0.29, 0.717) is 12.1 Å². The fourth-order valence-electron chi connectivity index (χ4n) is 2.96. The monoisotopic (exact) mass is 390 g/mol. The van der Waals surface area contributed by atoms with Crippen molar-refractivity contribution < 1.29 is 14.7 Å². The average molecular weight is 390 g/mol. The van der Waals surface area contributed by atoms with Crippen LogP contribution in [0, 0.1) is 0 Å². The number of aliphatic carboxylic acids is 1. The maximum absolute atomic E-state index is 12.3. The van der Waals surface area contributed by atoms with E-state index in [1.807, 2.05) is 42.5 Å². The van der Waals surface area contributed by atoms with E-state index in [1.54, 1.807) is 24.3 Å². The number of nitrogens with zero attached hydrogens (tertiary/aromatic N) is 1. The van der Waals surface area contributed by atoms with Crippen LogP contribution in [-0.4, -0.2) is 29.0 Å². The van der Waals surface area contributed by atoms with Gasteiger partial charge in [-0.15, -0.1) is 0 Å². The molecule has 148 valence electrons. The fraction of sp³-hybridized carbons (Fsp3) is 0.136. The zero-order valence-corrected chi connectivity index (χ0v) is 15.7. The third-order valence-corrected chi connectivity index (χ3v) is 4.53. The van der Waals surface area contributed by atoms with Crippen molar-refractivity contribution in [2.75, 3.05) is 0 Å². The zero-order valence-electron chi connectivity index (χ0n) is 15.7. The molecule has 0 bridgehead atoms. The van der Waals surface area contributed by atoms with Gasteiger partial charge in [-0.2, -0.15) is 0 Å². The molecule has 0 aliphatic heterocycles. The number of benzene rings is 3. The molecule has 0 saturated heterocycles. The molecule has 7 nitrogen and oxygen atoms in total. The van der Waals surface area contributed by atoms with Crippen LogP contribution in [0.15, 0.2) is 71.7 Å². The fourth-order valence-corrected chi connectivity index (χ4v) is 2.96. The Morgan fingerprint density at radius 2 is 1.69 bits per heavy atom. The van der Waals surface area contributed by atoms with Gasteiger partial charge in [0.1, 0.15) is 6.04 Å². The second kappa shape index (κ2) is 8.99. The minimum absolute atomic E-state index is 0.0277. The van der Waals surface area contributed by atoms with Crippen molar-refractivity contribution in [3.63, 3.8) is 0 Å².